The lowest BCUT2D eigenvalue weighted by Crippen LogP contribution is -2.33. The number of hydrogen-bond acceptors (Lipinski definition) is 4. The monoisotopic (exact) mass is 344 g/mol. The fourth-order valence-electron chi connectivity index (χ4n) is 2.44. The molecule has 1 amide bonds. The molecule has 1 heterocycles. The number of carbonyl (C=O) groups is 1. The molecule has 24 heavy (non-hydrogen) atoms. The van der Waals surface area contributed by atoms with Gasteiger partial charge < -0.3 is 5.32 Å². The van der Waals surface area contributed by atoms with Gasteiger partial charge in [-0.2, -0.15) is 0 Å². The van der Waals surface area contributed by atoms with Crippen LogP contribution in [0.3, 0.4) is 0 Å². The number of rotatable bonds is 9. The van der Waals surface area contributed by atoms with Crippen molar-refractivity contribution in [2.75, 3.05) is 5.75 Å². The highest BCUT2D eigenvalue weighted by atomic mass is 32.2. The number of nitrogens with zero attached hydrogens (tertiary/aromatic N) is 3. The van der Waals surface area contributed by atoms with Gasteiger partial charge in [0, 0.05) is 18.2 Å². The molecular formula is C18H24N4OS. The molecule has 0 saturated carbocycles. The minimum Gasteiger partial charge on any atom is -0.353 e. The van der Waals surface area contributed by atoms with E-state index in [0.717, 1.165) is 29.4 Å². The van der Waals surface area contributed by atoms with E-state index >= 15 is 0 Å². The molecule has 0 aliphatic rings. The van der Waals surface area contributed by atoms with Gasteiger partial charge in [0.1, 0.15) is 0 Å². The summed E-state index contributed by atoms with van der Waals surface area (Å²) in [7, 11) is 0. The number of nitrogens with one attached hydrogen (secondary N) is 1. The first-order valence-electron chi connectivity index (χ1n) is 8.17. The van der Waals surface area contributed by atoms with Crippen LogP contribution in [-0.4, -0.2) is 32.5 Å². The first-order chi connectivity index (χ1) is 11.7. The summed E-state index contributed by atoms with van der Waals surface area (Å²) < 4.78 is 1.98. The molecule has 2 rings (SSSR count). The number of allylic oxidation sites excluding steroid dienone is 1. The van der Waals surface area contributed by atoms with Gasteiger partial charge in [0.15, 0.2) is 11.0 Å². The third kappa shape index (κ3) is 4.96. The lowest BCUT2D eigenvalue weighted by atomic mass is 10.2. The summed E-state index contributed by atoms with van der Waals surface area (Å²) in [6.45, 7) is 8.55. The van der Waals surface area contributed by atoms with Gasteiger partial charge in [-0.25, -0.2) is 0 Å². The fourth-order valence-corrected chi connectivity index (χ4v) is 3.20. The fraction of sp³-hybridized carbons (Fsp3) is 0.389. The highest BCUT2D eigenvalue weighted by molar-refractivity contribution is 7.99. The van der Waals surface area contributed by atoms with Crippen LogP contribution in [0.2, 0.25) is 0 Å². The number of thioether (sulfide) groups is 1. The average Bonchev–Trinajstić information content (AvgIpc) is 2.97. The summed E-state index contributed by atoms with van der Waals surface area (Å²) in [5.41, 5.74) is 1.000. The van der Waals surface area contributed by atoms with E-state index in [1.807, 2.05) is 47.9 Å². The minimum absolute atomic E-state index is 0.0235. The van der Waals surface area contributed by atoms with Gasteiger partial charge >= 0.3 is 0 Å². The molecule has 1 aromatic heterocycles. The van der Waals surface area contributed by atoms with Crippen molar-refractivity contribution in [2.24, 2.45) is 0 Å². The van der Waals surface area contributed by atoms with Gasteiger partial charge in [0.2, 0.25) is 5.91 Å². The first-order valence-corrected chi connectivity index (χ1v) is 9.16. The van der Waals surface area contributed by atoms with Gasteiger partial charge in [-0.15, -0.1) is 16.8 Å². The second-order valence-electron chi connectivity index (χ2n) is 5.62. The summed E-state index contributed by atoms with van der Waals surface area (Å²) in [6.07, 6.45) is 3.85. The molecule has 0 unspecified atom stereocenters. The molecule has 5 nitrogen and oxygen atoms in total. The first kappa shape index (κ1) is 18.3. The molecule has 0 radical (unpaired) electrons. The Morgan fingerprint density at radius 2 is 2.12 bits per heavy atom. The SMILES string of the molecule is C=CCn1c(SCC(=O)N[C@H](C)CCC)nnc1-c1ccccc1. The molecule has 0 spiro atoms. The number of benzene rings is 1. The Bertz CT molecular complexity index is 669. The van der Waals surface area contributed by atoms with Crippen molar-refractivity contribution in [1.82, 2.24) is 20.1 Å². The van der Waals surface area contributed by atoms with Crippen molar-refractivity contribution in [1.29, 1.82) is 0 Å². The molecule has 0 aliphatic carbocycles. The summed E-state index contributed by atoms with van der Waals surface area (Å²) in [4.78, 5) is 12.0. The second kappa shape index (κ2) is 9.27. The van der Waals surface area contributed by atoms with Gasteiger partial charge in [-0.1, -0.05) is 61.5 Å². The quantitative estimate of drug-likeness (QED) is 0.558. The van der Waals surface area contributed by atoms with Gasteiger partial charge in [0.05, 0.1) is 5.75 Å². The van der Waals surface area contributed by atoms with E-state index in [1.165, 1.54) is 11.8 Å². The van der Waals surface area contributed by atoms with E-state index in [2.05, 4.69) is 29.0 Å². The predicted molar refractivity (Wildman–Crippen MR) is 98.9 cm³/mol. The molecule has 0 fully saturated rings. The third-order valence-corrected chi connectivity index (χ3v) is 4.49. The minimum atomic E-state index is 0.0235. The van der Waals surface area contributed by atoms with E-state index in [9.17, 15) is 4.79 Å². The van der Waals surface area contributed by atoms with Crippen molar-refractivity contribution in [2.45, 2.75) is 44.4 Å². The Morgan fingerprint density at radius 1 is 1.38 bits per heavy atom. The Kier molecular flexibility index (Phi) is 7.06. The summed E-state index contributed by atoms with van der Waals surface area (Å²) in [6, 6.07) is 10.1. The standard InChI is InChI=1S/C18H24N4OS/c1-4-9-14(3)19-16(23)13-24-18-21-20-17(22(18)12-5-2)15-10-7-6-8-11-15/h5-8,10-11,14H,2,4,9,12-13H2,1,3H3,(H,19,23)/t14-/m1/s1. The van der Waals surface area contributed by atoms with Crippen molar-refractivity contribution < 1.29 is 4.79 Å². The van der Waals surface area contributed by atoms with Crippen LogP contribution in [0.1, 0.15) is 26.7 Å². The highest BCUT2D eigenvalue weighted by Crippen LogP contribution is 2.23. The summed E-state index contributed by atoms with van der Waals surface area (Å²) >= 11 is 1.40. The lowest BCUT2D eigenvalue weighted by molar-refractivity contribution is -0.119. The van der Waals surface area contributed by atoms with Crippen LogP contribution in [-0.2, 0) is 11.3 Å². The molecule has 1 N–H and O–H groups in total. The molecule has 0 saturated heterocycles. The average molecular weight is 344 g/mol. The van der Waals surface area contributed by atoms with Crippen molar-refractivity contribution in [3.05, 3.63) is 43.0 Å². The maximum absolute atomic E-state index is 12.0. The highest BCUT2D eigenvalue weighted by Gasteiger charge is 2.15. The van der Waals surface area contributed by atoms with Crippen LogP contribution >= 0.6 is 11.8 Å². The molecular weight excluding hydrogens is 320 g/mol. The zero-order valence-corrected chi connectivity index (χ0v) is 15.1. The topological polar surface area (TPSA) is 59.8 Å². The van der Waals surface area contributed by atoms with E-state index in [0.29, 0.717) is 12.3 Å². The predicted octanol–water partition coefficient (Wildman–Crippen LogP) is 3.53. The van der Waals surface area contributed by atoms with Gasteiger partial charge in [0.25, 0.3) is 0 Å². The number of aromatic nitrogens is 3. The molecule has 2 aromatic rings. The normalized spacial score (nSPS) is 11.9. The smallest absolute Gasteiger partial charge is 0.230 e. The Labute approximate surface area is 147 Å². The molecule has 0 bridgehead atoms. The zero-order valence-electron chi connectivity index (χ0n) is 14.2. The zero-order chi connectivity index (χ0) is 17.4. The van der Waals surface area contributed by atoms with Crippen LogP contribution < -0.4 is 5.32 Å². The third-order valence-electron chi connectivity index (χ3n) is 3.52. The van der Waals surface area contributed by atoms with Crippen molar-refractivity contribution in [3.63, 3.8) is 0 Å². The Morgan fingerprint density at radius 3 is 2.79 bits per heavy atom. The largest absolute Gasteiger partial charge is 0.353 e. The summed E-state index contributed by atoms with van der Waals surface area (Å²) in [5, 5.41) is 12.3. The maximum Gasteiger partial charge on any atom is 0.230 e. The van der Waals surface area contributed by atoms with Crippen LogP contribution in [0, 0.1) is 0 Å². The molecule has 128 valence electrons. The van der Waals surface area contributed by atoms with Crippen LogP contribution in [0.15, 0.2) is 48.1 Å². The number of amides is 1. The van der Waals surface area contributed by atoms with Crippen molar-refractivity contribution >= 4 is 17.7 Å². The van der Waals surface area contributed by atoms with E-state index in [4.69, 9.17) is 0 Å². The van der Waals surface area contributed by atoms with Crippen molar-refractivity contribution in [3.8, 4) is 11.4 Å². The number of carbonyl (C=O) groups excluding carboxylic acids is 1. The Hall–Kier alpha value is -2.08. The van der Waals surface area contributed by atoms with Gasteiger partial charge in [-0.3, -0.25) is 9.36 Å². The van der Waals surface area contributed by atoms with Crippen LogP contribution in [0.5, 0.6) is 0 Å². The summed E-state index contributed by atoms with van der Waals surface area (Å²) in [5.74, 6) is 1.14. The molecule has 0 aliphatic heterocycles. The van der Waals surface area contributed by atoms with E-state index < -0.39 is 0 Å². The molecule has 1 aromatic carbocycles. The van der Waals surface area contributed by atoms with Crippen LogP contribution in [0.4, 0.5) is 0 Å². The second-order valence-corrected chi connectivity index (χ2v) is 6.56. The molecule has 6 heteroatoms. The van der Waals surface area contributed by atoms with Gasteiger partial charge in [-0.05, 0) is 13.3 Å². The van der Waals surface area contributed by atoms with E-state index in [-0.39, 0.29) is 11.9 Å². The lowest BCUT2D eigenvalue weighted by Gasteiger charge is -2.12. The van der Waals surface area contributed by atoms with E-state index in [1.54, 1.807) is 0 Å². The van der Waals surface area contributed by atoms with Crippen LogP contribution in [0.25, 0.3) is 11.4 Å². The molecule has 1 atom stereocenters. The maximum atomic E-state index is 12.0. The Balaban J connectivity index is 2.06. The number of hydrogen-bond donors (Lipinski definition) is 1.